The van der Waals surface area contributed by atoms with Gasteiger partial charge in [0.05, 0.1) is 6.04 Å². The molecule has 110 valence electrons. The second kappa shape index (κ2) is 6.01. The van der Waals surface area contributed by atoms with Crippen molar-refractivity contribution in [3.63, 3.8) is 0 Å². The second-order valence-corrected chi connectivity index (χ2v) is 5.63. The molecule has 2 rings (SSSR count). The van der Waals surface area contributed by atoms with Crippen LogP contribution in [0.5, 0.6) is 0 Å². The second-order valence-electron chi connectivity index (χ2n) is 5.63. The molecule has 0 aliphatic carbocycles. The Morgan fingerprint density at radius 1 is 1.19 bits per heavy atom. The van der Waals surface area contributed by atoms with Crippen molar-refractivity contribution in [2.45, 2.75) is 38.9 Å². The minimum atomic E-state index is -0.663. The van der Waals surface area contributed by atoms with Gasteiger partial charge >= 0.3 is 0 Å². The average Bonchev–Trinajstić information content (AvgIpc) is 2.48. The Hall–Kier alpha value is -2.28. The van der Waals surface area contributed by atoms with Gasteiger partial charge in [-0.25, -0.2) is 0 Å². The molecule has 1 fully saturated rings. The van der Waals surface area contributed by atoms with E-state index in [1.54, 1.807) is 11.8 Å². The molecule has 1 N–H and O–H groups in total. The van der Waals surface area contributed by atoms with Crippen molar-refractivity contribution in [3.05, 3.63) is 35.9 Å². The molecule has 1 aromatic rings. The fourth-order valence-electron chi connectivity index (χ4n) is 2.71. The molecule has 3 atom stereocenters. The van der Waals surface area contributed by atoms with Crippen molar-refractivity contribution in [3.8, 4) is 12.3 Å². The lowest BCUT2D eigenvalue weighted by molar-refractivity contribution is -0.152. The number of benzene rings is 1. The van der Waals surface area contributed by atoms with Crippen molar-refractivity contribution in [1.82, 2.24) is 10.2 Å². The van der Waals surface area contributed by atoms with E-state index in [9.17, 15) is 9.59 Å². The molecule has 0 spiro atoms. The van der Waals surface area contributed by atoms with Gasteiger partial charge in [-0.2, -0.15) is 0 Å². The van der Waals surface area contributed by atoms with Gasteiger partial charge in [0, 0.05) is 0 Å². The molecule has 0 radical (unpaired) electrons. The molecule has 0 bridgehead atoms. The highest BCUT2D eigenvalue weighted by Crippen LogP contribution is 2.27. The Morgan fingerprint density at radius 3 is 2.33 bits per heavy atom. The number of hydrogen-bond donors (Lipinski definition) is 1. The Kier molecular flexibility index (Phi) is 4.32. The van der Waals surface area contributed by atoms with E-state index in [2.05, 4.69) is 11.2 Å². The van der Waals surface area contributed by atoms with Crippen LogP contribution in [0.25, 0.3) is 0 Å². The largest absolute Gasteiger partial charge is 0.339 e. The number of terminal acetylenes is 1. The third kappa shape index (κ3) is 2.78. The molecule has 1 saturated heterocycles. The van der Waals surface area contributed by atoms with Crippen molar-refractivity contribution >= 4 is 11.8 Å². The Bertz CT molecular complexity index is 574. The molecule has 21 heavy (non-hydrogen) atoms. The van der Waals surface area contributed by atoms with Crippen LogP contribution in [0.4, 0.5) is 0 Å². The number of carbonyl (C=O) groups excluding carboxylic acids is 2. The molecular formula is C17H20N2O2. The monoisotopic (exact) mass is 284 g/mol. The van der Waals surface area contributed by atoms with Crippen LogP contribution >= 0.6 is 0 Å². The van der Waals surface area contributed by atoms with Gasteiger partial charge in [0.2, 0.25) is 5.91 Å². The van der Waals surface area contributed by atoms with Gasteiger partial charge in [0.15, 0.2) is 0 Å². The molecule has 1 aliphatic heterocycles. The molecular weight excluding hydrogens is 264 g/mol. The number of carbonyl (C=O) groups is 2. The summed E-state index contributed by atoms with van der Waals surface area (Å²) < 4.78 is 0. The van der Waals surface area contributed by atoms with Gasteiger partial charge in [-0.1, -0.05) is 50.1 Å². The molecule has 1 aliphatic rings. The van der Waals surface area contributed by atoms with E-state index in [4.69, 9.17) is 6.42 Å². The third-order valence-electron chi connectivity index (χ3n) is 3.78. The standard InChI is InChI=1S/C17H20N2O2/c1-5-12(4)19-15(11(2)3)16(20)18-14(17(19)21)13-9-7-6-8-10-13/h1,6-12,14-15H,2-4H3,(H,18,20). The first-order chi connectivity index (χ1) is 9.97. The number of rotatable bonds is 3. The fraction of sp³-hybridized carbons (Fsp3) is 0.412. The van der Waals surface area contributed by atoms with Crippen molar-refractivity contribution in [1.29, 1.82) is 0 Å². The van der Waals surface area contributed by atoms with Crippen LogP contribution in [0.3, 0.4) is 0 Å². The molecule has 0 saturated carbocycles. The summed E-state index contributed by atoms with van der Waals surface area (Å²) in [5.41, 5.74) is 0.771. The highest BCUT2D eigenvalue weighted by Gasteiger charge is 2.44. The summed E-state index contributed by atoms with van der Waals surface area (Å²) in [6, 6.07) is 7.62. The van der Waals surface area contributed by atoms with Crippen LogP contribution in [-0.2, 0) is 9.59 Å². The summed E-state index contributed by atoms with van der Waals surface area (Å²) in [6.07, 6.45) is 5.48. The zero-order chi connectivity index (χ0) is 15.6. The number of amides is 2. The Balaban J connectivity index is 2.41. The number of nitrogens with zero attached hydrogens (tertiary/aromatic N) is 1. The van der Waals surface area contributed by atoms with E-state index < -0.39 is 18.1 Å². The van der Waals surface area contributed by atoms with E-state index in [-0.39, 0.29) is 17.7 Å². The first-order valence-corrected chi connectivity index (χ1v) is 7.11. The van der Waals surface area contributed by atoms with Gasteiger partial charge in [0.25, 0.3) is 5.91 Å². The van der Waals surface area contributed by atoms with Gasteiger partial charge in [0.1, 0.15) is 12.1 Å². The molecule has 3 unspecified atom stereocenters. The summed E-state index contributed by atoms with van der Waals surface area (Å²) in [5, 5.41) is 2.82. The summed E-state index contributed by atoms with van der Waals surface area (Å²) >= 11 is 0. The normalized spacial score (nSPS) is 23.7. The van der Waals surface area contributed by atoms with Crippen LogP contribution in [-0.4, -0.2) is 28.8 Å². The topological polar surface area (TPSA) is 49.4 Å². The predicted octanol–water partition coefficient (Wildman–Crippen LogP) is 1.73. The van der Waals surface area contributed by atoms with Crippen LogP contribution < -0.4 is 5.32 Å². The van der Waals surface area contributed by atoms with E-state index in [1.165, 1.54) is 0 Å². The molecule has 0 aromatic heterocycles. The lowest BCUT2D eigenvalue weighted by Crippen LogP contribution is -2.63. The predicted molar refractivity (Wildman–Crippen MR) is 81.1 cm³/mol. The lowest BCUT2D eigenvalue weighted by Gasteiger charge is -2.42. The molecule has 4 nitrogen and oxygen atoms in total. The van der Waals surface area contributed by atoms with Crippen molar-refractivity contribution in [2.24, 2.45) is 5.92 Å². The fourth-order valence-corrected chi connectivity index (χ4v) is 2.71. The summed E-state index contributed by atoms with van der Waals surface area (Å²) in [7, 11) is 0. The minimum absolute atomic E-state index is 0.00136. The third-order valence-corrected chi connectivity index (χ3v) is 3.78. The summed E-state index contributed by atoms with van der Waals surface area (Å²) in [5.74, 6) is 2.27. The first kappa shape index (κ1) is 15.1. The SMILES string of the molecule is C#CC(C)N1C(=O)C(c2ccccc2)NC(=O)C1C(C)C. The van der Waals surface area contributed by atoms with E-state index in [1.807, 2.05) is 44.2 Å². The van der Waals surface area contributed by atoms with Crippen molar-refractivity contribution < 1.29 is 9.59 Å². The van der Waals surface area contributed by atoms with E-state index in [0.29, 0.717) is 0 Å². The average molecular weight is 284 g/mol. The molecule has 2 amide bonds. The van der Waals surface area contributed by atoms with Crippen LogP contribution in [0.15, 0.2) is 30.3 Å². The van der Waals surface area contributed by atoms with Gasteiger partial charge < -0.3 is 10.2 Å². The molecule has 1 aromatic carbocycles. The van der Waals surface area contributed by atoms with Crippen molar-refractivity contribution in [2.75, 3.05) is 0 Å². The number of hydrogen-bond acceptors (Lipinski definition) is 2. The Labute approximate surface area is 125 Å². The Morgan fingerprint density at radius 2 is 1.81 bits per heavy atom. The minimum Gasteiger partial charge on any atom is -0.339 e. The quantitative estimate of drug-likeness (QED) is 0.859. The summed E-state index contributed by atoms with van der Waals surface area (Å²) in [4.78, 5) is 26.8. The zero-order valence-corrected chi connectivity index (χ0v) is 12.5. The van der Waals surface area contributed by atoms with Crippen LogP contribution in [0.2, 0.25) is 0 Å². The van der Waals surface area contributed by atoms with Crippen LogP contribution in [0.1, 0.15) is 32.4 Å². The van der Waals surface area contributed by atoms with E-state index in [0.717, 1.165) is 5.56 Å². The van der Waals surface area contributed by atoms with Gasteiger partial charge in [-0.3, -0.25) is 9.59 Å². The van der Waals surface area contributed by atoms with Gasteiger partial charge in [-0.05, 0) is 18.4 Å². The maximum Gasteiger partial charge on any atom is 0.251 e. The summed E-state index contributed by atoms with van der Waals surface area (Å²) in [6.45, 7) is 5.60. The zero-order valence-electron chi connectivity index (χ0n) is 12.5. The highest BCUT2D eigenvalue weighted by atomic mass is 16.2. The van der Waals surface area contributed by atoms with Gasteiger partial charge in [-0.15, -0.1) is 6.42 Å². The number of nitrogens with one attached hydrogen (secondary N) is 1. The molecule has 4 heteroatoms. The highest BCUT2D eigenvalue weighted by molar-refractivity contribution is 5.98. The number of piperazine rings is 1. The maximum absolute atomic E-state index is 12.8. The maximum atomic E-state index is 12.8. The van der Waals surface area contributed by atoms with Crippen LogP contribution in [0, 0.1) is 18.3 Å². The first-order valence-electron chi connectivity index (χ1n) is 7.11. The smallest absolute Gasteiger partial charge is 0.251 e. The van der Waals surface area contributed by atoms with E-state index >= 15 is 0 Å². The molecule has 1 heterocycles. The lowest BCUT2D eigenvalue weighted by atomic mass is 9.93.